The molecule has 1 amide bonds. The van der Waals surface area contributed by atoms with E-state index < -0.39 is 22.9 Å². The van der Waals surface area contributed by atoms with E-state index in [0.717, 1.165) is 23.1 Å². The second-order valence-electron chi connectivity index (χ2n) is 10.8. The lowest BCUT2D eigenvalue weighted by atomic mass is 10.1. The zero-order valence-electron chi connectivity index (χ0n) is 23.4. The Balaban J connectivity index is 1.54. The van der Waals surface area contributed by atoms with Gasteiger partial charge in [0, 0.05) is 26.2 Å². The van der Waals surface area contributed by atoms with E-state index >= 15 is 0 Å². The van der Waals surface area contributed by atoms with Gasteiger partial charge in [-0.05, 0) is 52.7 Å². The molecule has 1 aliphatic rings. The summed E-state index contributed by atoms with van der Waals surface area (Å²) in [7, 11) is 1.62. The number of carbonyl (C=O) groups excluding carboxylic acids is 1. The van der Waals surface area contributed by atoms with E-state index in [4.69, 9.17) is 9.72 Å². The summed E-state index contributed by atoms with van der Waals surface area (Å²) in [5.74, 6) is 6.49. The Hall–Kier alpha value is -4.11. The number of piperidine rings is 1. The van der Waals surface area contributed by atoms with Crippen LogP contribution in [0.1, 0.15) is 45.5 Å². The molecule has 210 valence electrons. The summed E-state index contributed by atoms with van der Waals surface area (Å²) in [6, 6.07) is 7.56. The molecular weight excluding hydrogens is 530 g/mol. The van der Waals surface area contributed by atoms with Crippen molar-refractivity contribution in [1.82, 2.24) is 29.0 Å². The molecule has 3 aromatic heterocycles. The van der Waals surface area contributed by atoms with E-state index in [0.29, 0.717) is 35.2 Å². The average Bonchev–Trinajstić information content (AvgIpc) is 3.49. The van der Waals surface area contributed by atoms with Gasteiger partial charge in [-0.15, -0.1) is 17.3 Å². The van der Waals surface area contributed by atoms with Crippen LogP contribution in [-0.2, 0) is 24.9 Å². The maximum atomic E-state index is 13.9. The van der Waals surface area contributed by atoms with Gasteiger partial charge in [0.15, 0.2) is 11.2 Å². The quantitative estimate of drug-likeness (QED) is 0.371. The minimum atomic E-state index is -0.596. The third kappa shape index (κ3) is 5.47. The molecule has 40 heavy (non-hydrogen) atoms. The van der Waals surface area contributed by atoms with Crippen molar-refractivity contribution >= 4 is 44.8 Å². The first-order valence-electron chi connectivity index (χ1n) is 13.2. The number of aryl methyl sites for hydroxylation is 1. The number of para-hydroxylation sites is 1. The zero-order valence-corrected chi connectivity index (χ0v) is 24.2. The smallest absolute Gasteiger partial charge is 0.407 e. The zero-order chi connectivity index (χ0) is 28.6. The number of aromatic nitrogens is 5. The number of fused-ring (bicyclic) bond motifs is 2. The van der Waals surface area contributed by atoms with Crippen molar-refractivity contribution in [2.24, 2.45) is 7.05 Å². The Kier molecular flexibility index (Phi) is 7.42. The van der Waals surface area contributed by atoms with Crippen molar-refractivity contribution in [2.75, 3.05) is 18.0 Å². The van der Waals surface area contributed by atoms with Crippen LogP contribution in [0.5, 0.6) is 0 Å². The number of hydrogen-bond donors (Lipinski definition) is 1. The summed E-state index contributed by atoms with van der Waals surface area (Å²) >= 11 is 1.46. The summed E-state index contributed by atoms with van der Waals surface area (Å²) in [5.41, 5.74) is -0.0547. The highest BCUT2D eigenvalue weighted by Crippen LogP contribution is 2.25. The maximum Gasteiger partial charge on any atom is 0.407 e. The molecule has 12 heteroatoms. The highest BCUT2D eigenvalue weighted by molar-refractivity contribution is 7.18. The minimum Gasteiger partial charge on any atom is -0.444 e. The molecule has 1 fully saturated rings. The van der Waals surface area contributed by atoms with Crippen LogP contribution >= 0.6 is 11.3 Å². The molecule has 0 radical (unpaired) electrons. The van der Waals surface area contributed by atoms with Gasteiger partial charge in [0.2, 0.25) is 5.95 Å². The average molecular weight is 564 g/mol. The lowest BCUT2D eigenvalue weighted by Gasteiger charge is -2.34. The van der Waals surface area contributed by atoms with Crippen molar-refractivity contribution in [3.8, 4) is 11.8 Å². The topological polar surface area (TPSA) is 116 Å². The fourth-order valence-electron chi connectivity index (χ4n) is 4.92. The number of carbonyl (C=O) groups is 1. The predicted molar refractivity (Wildman–Crippen MR) is 156 cm³/mol. The van der Waals surface area contributed by atoms with Gasteiger partial charge in [-0.25, -0.2) is 14.6 Å². The van der Waals surface area contributed by atoms with Crippen LogP contribution in [0.2, 0.25) is 0 Å². The fraction of sp³-hybridized carbons (Fsp3) is 0.464. The van der Waals surface area contributed by atoms with Crippen LogP contribution in [0, 0.1) is 11.8 Å². The van der Waals surface area contributed by atoms with Crippen LogP contribution in [0.3, 0.4) is 0 Å². The summed E-state index contributed by atoms with van der Waals surface area (Å²) in [4.78, 5) is 51.1. The predicted octanol–water partition coefficient (Wildman–Crippen LogP) is 3.07. The van der Waals surface area contributed by atoms with E-state index in [1.54, 1.807) is 18.5 Å². The number of imidazole rings is 1. The second-order valence-corrected chi connectivity index (χ2v) is 12.0. The van der Waals surface area contributed by atoms with Crippen LogP contribution in [0.25, 0.3) is 21.4 Å². The molecule has 11 nitrogen and oxygen atoms in total. The third-order valence-corrected chi connectivity index (χ3v) is 7.70. The van der Waals surface area contributed by atoms with Gasteiger partial charge in [0.05, 0.1) is 23.3 Å². The summed E-state index contributed by atoms with van der Waals surface area (Å²) in [5, 5.41) is 3.63. The van der Waals surface area contributed by atoms with Crippen LogP contribution in [0.15, 0.2) is 33.9 Å². The van der Waals surface area contributed by atoms with Crippen LogP contribution < -0.4 is 21.5 Å². The van der Waals surface area contributed by atoms with Crippen molar-refractivity contribution < 1.29 is 9.53 Å². The van der Waals surface area contributed by atoms with Gasteiger partial charge in [-0.3, -0.25) is 18.5 Å². The molecule has 1 aliphatic heterocycles. The number of thiazole rings is 1. The number of amides is 1. The van der Waals surface area contributed by atoms with E-state index in [9.17, 15) is 14.4 Å². The second kappa shape index (κ2) is 10.8. The van der Waals surface area contributed by atoms with Gasteiger partial charge in [0.25, 0.3) is 5.56 Å². The first kappa shape index (κ1) is 27.5. The molecule has 4 heterocycles. The van der Waals surface area contributed by atoms with E-state index in [-0.39, 0.29) is 19.1 Å². The van der Waals surface area contributed by atoms with Gasteiger partial charge in [-0.1, -0.05) is 18.1 Å². The fourth-order valence-corrected chi connectivity index (χ4v) is 5.88. The molecule has 4 aromatic rings. The van der Waals surface area contributed by atoms with Crippen molar-refractivity contribution in [1.29, 1.82) is 0 Å². The van der Waals surface area contributed by atoms with E-state index in [2.05, 4.69) is 22.1 Å². The molecule has 1 aromatic carbocycles. The number of nitrogens with zero attached hydrogens (tertiary/aromatic N) is 6. The number of alkyl carbamates (subject to hydrolysis) is 1. The maximum absolute atomic E-state index is 13.9. The van der Waals surface area contributed by atoms with E-state index in [1.807, 2.05) is 49.9 Å². The molecule has 0 bridgehead atoms. The highest BCUT2D eigenvalue weighted by atomic mass is 32.1. The Bertz CT molecular complexity index is 1730. The molecule has 5 rings (SSSR count). The first-order valence-corrected chi connectivity index (χ1v) is 14.1. The number of nitrogens with one attached hydrogen (secondary N) is 1. The van der Waals surface area contributed by atoms with Gasteiger partial charge in [-0.2, -0.15) is 4.98 Å². The molecular formula is C28H33N7O4S. The Morgan fingerprint density at radius 1 is 1.20 bits per heavy atom. The minimum absolute atomic E-state index is 0.0619. The van der Waals surface area contributed by atoms with Crippen LogP contribution in [-0.4, -0.2) is 54.5 Å². The standard InChI is InChI=1S/C28H33N7O4S/c1-6-7-15-34-22-23(31-25(34)33-14-10-11-18(16-33)29-26(37)39-28(2,3)4)32(5)27(38)35(24(22)36)17-21-30-19-12-8-9-13-20(19)40-21/h8-9,12-13,18H,10-11,14-17H2,1-5H3,(H,29,37)/t18-/m1/s1. The summed E-state index contributed by atoms with van der Waals surface area (Å²) in [6.07, 6.45) is 1.13. The lowest BCUT2D eigenvalue weighted by Crippen LogP contribution is -2.49. The van der Waals surface area contributed by atoms with E-state index in [1.165, 1.54) is 20.5 Å². The monoisotopic (exact) mass is 563 g/mol. The molecule has 0 unspecified atom stereocenters. The third-order valence-electron chi connectivity index (χ3n) is 6.68. The SMILES string of the molecule is CC#CCn1c(N2CCC[C@@H](NC(=O)OC(C)(C)C)C2)nc2c1c(=O)n(Cc1nc3ccccc3s1)c(=O)n2C. The van der Waals surface area contributed by atoms with Crippen molar-refractivity contribution in [3.63, 3.8) is 0 Å². The number of anilines is 1. The summed E-state index contributed by atoms with van der Waals surface area (Å²) < 4.78 is 10.8. The van der Waals surface area contributed by atoms with Crippen LogP contribution in [0.4, 0.5) is 10.7 Å². The van der Waals surface area contributed by atoms with Crippen molar-refractivity contribution in [2.45, 2.75) is 65.3 Å². The number of ether oxygens (including phenoxy) is 1. The summed E-state index contributed by atoms with van der Waals surface area (Å²) in [6.45, 7) is 8.67. The molecule has 1 saturated heterocycles. The molecule has 1 N–H and O–H groups in total. The van der Waals surface area contributed by atoms with Crippen molar-refractivity contribution in [3.05, 3.63) is 50.1 Å². The van der Waals surface area contributed by atoms with Gasteiger partial charge in [0.1, 0.15) is 10.6 Å². The Labute approximate surface area is 235 Å². The molecule has 0 spiro atoms. The first-order chi connectivity index (χ1) is 19.1. The molecule has 0 aliphatic carbocycles. The lowest BCUT2D eigenvalue weighted by molar-refractivity contribution is 0.0499. The number of hydrogen-bond acceptors (Lipinski definition) is 8. The Morgan fingerprint density at radius 3 is 2.70 bits per heavy atom. The van der Waals surface area contributed by atoms with Gasteiger partial charge >= 0.3 is 11.8 Å². The highest BCUT2D eigenvalue weighted by Gasteiger charge is 2.29. The number of rotatable bonds is 5. The molecule has 1 atom stereocenters. The number of benzene rings is 1. The normalized spacial score (nSPS) is 15.7. The van der Waals surface area contributed by atoms with Gasteiger partial charge < -0.3 is 15.0 Å². The Morgan fingerprint density at radius 2 is 1.98 bits per heavy atom. The molecule has 0 saturated carbocycles. The largest absolute Gasteiger partial charge is 0.444 e.